The number of rotatable bonds is 4. The molecule has 3 rings (SSSR count). The first-order valence-electron chi connectivity index (χ1n) is 7.96. The molecule has 0 aromatic carbocycles. The number of likely N-dealkylation sites (tertiary alicyclic amines) is 1. The summed E-state index contributed by atoms with van der Waals surface area (Å²) in [5, 5.41) is 3.14. The van der Waals surface area contributed by atoms with Crippen molar-refractivity contribution >= 4 is 17.7 Å². The van der Waals surface area contributed by atoms with Crippen LogP contribution >= 0.6 is 0 Å². The van der Waals surface area contributed by atoms with Crippen LogP contribution in [0.2, 0.25) is 0 Å². The first-order valence-corrected chi connectivity index (χ1v) is 7.96. The van der Waals surface area contributed by atoms with Gasteiger partial charge in [-0.05, 0) is 31.9 Å². The number of hydrogen-bond acceptors (Lipinski definition) is 6. The number of aromatic nitrogens is 2. The highest BCUT2D eigenvalue weighted by molar-refractivity contribution is 5.77. The molecule has 0 aliphatic carbocycles. The molecule has 1 aromatic heterocycles. The minimum atomic E-state index is 0.302. The summed E-state index contributed by atoms with van der Waals surface area (Å²) in [4.78, 5) is 24.8. The number of nitrogens with two attached hydrogens (primary N) is 1. The molecule has 1 aromatic rings. The van der Waals surface area contributed by atoms with Gasteiger partial charge < -0.3 is 20.9 Å². The minimum absolute atomic E-state index is 0.302. The molecule has 120 valence electrons. The van der Waals surface area contributed by atoms with Crippen LogP contribution in [0, 0.1) is 5.92 Å². The van der Waals surface area contributed by atoms with Gasteiger partial charge in [-0.2, -0.15) is 4.98 Å². The van der Waals surface area contributed by atoms with Gasteiger partial charge in [0.05, 0.1) is 0 Å². The lowest BCUT2D eigenvalue weighted by Gasteiger charge is -2.47. The van der Waals surface area contributed by atoms with Crippen LogP contribution in [-0.2, 0) is 4.79 Å². The Balaban J connectivity index is 1.70. The van der Waals surface area contributed by atoms with E-state index < -0.39 is 0 Å². The van der Waals surface area contributed by atoms with Gasteiger partial charge in [0.2, 0.25) is 11.9 Å². The number of nitrogens with zero attached hydrogens (tertiary/aromatic N) is 4. The third kappa shape index (κ3) is 2.99. The van der Waals surface area contributed by atoms with Crippen LogP contribution < -0.4 is 16.0 Å². The molecule has 3 N–H and O–H groups in total. The molecule has 22 heavy (non-hydrogen) atoms. The summed E-state index contributed by atoms with van der Waals surface area (Å²) in [6.45, 7) is 3.49. The summed E-state index contributed by atoms with van der Waals surface area (Å²) < 4.78 is 0. The Hall–Kier alpha value is -1.89. The maximum atomic E-state index is 12.2. The van der Waals surface area contributed by atoms with Crippen molar-refractivity contribution in [2.24, 2.45) is 5.92 Å². The lowest BCUT2D eigenvalue weighted by atomic mass is 9.83. The molecule has 2 saturated heterocycles. The molecule has 2 aliphatic rings. The van der Waals surface area contributed by atoms with Crippen molar-refractivity contribution in [2.45, 2.75) is 25.3 Å². The molecule has 1 amide bonds. The topological polar surface area (TPSA) is 87.4 Å². The van der Waals surface area contributed by atoms with E-state index in [0.717, 1.165) is 44.8 Å². The number of nitrogen functional groups attached to an aromatic ring is 1. The fourth-order valence-corrected chi connectivity index (χ4v) is 3.62. The molecule has 2 aliphatic heterocycles. The lowest BCUT2D eigenvalue weighted by molar-refractivity contribution is -0.139. The standard InChI is InChI=1S/C15H24N6O/c1-17-7-9-21-12-5-8-20(10-11(12)2-3-14(21)22)13-4-6-18-15(16)19-13/h4,6,11-12,17H,2-3,5,7-10H2,1H3,(H2,16,18,19)/t11-,12+/m0/s1. The van der Waals surface area contributed by atoms with Crippen molar-refractivity contribution in [2.75, 3.05) is 43.9 Å². The van der Waals surface area contributed by atoms with Gasteiger partial charge in [-0.15, -0.1) is 0 Å². The van der Waals surface area contributed by atoms with E-state index in [0.29, 0.717) is 30.2 Å². The zero-order chi connectivity index (χ0) is 15.5. The van der Waals surface area contributed by atoms with Crippen molar-refractivity contribution in [3.63, 3.8) is 0 Å². The maximum Gasteiger partial charge on any atom is 0.222 e. The quantitative estimate of drug-likeness (QED) is 0.820. The van der Waals surface area contributed by atoms with E-state index in [1.165, 1.54) is 0 Å². The average molecular weight is 304 g/mol. The second-order valence-corrected chi connectivity index (χ2v) is 6.06. The number of piperidine rings is 2. The summed E-state index contributed by atoms with van der Waals surface area (Å²) in [6, 6.07) is 2.27. The van der Waals surface area contributed by atoms with Gasteiger partial charge in [-0.1, -0.05) is 0 Å². The molecule has 7 nitrogen and oxygen atoms in total. The van der Waals surface area contributed by atoms with E-state index in [-0.39, 0.29) is 0 Å². The summed E-state index contributed by atoms with van der Waals surface area (Å²) in [7, 11) is 1.92. The van der Waals surface area contributed by atoms with Crippen molar-refractivity contribution in [1.82, 2.24) is 20.2 Å². The van der Waals surface area contributed by atoms with Crippen molar-refractivity contribution in [1.29, 1.82) is 0 Å². The van der Waals surface area contributed by atoms with E-state index in [4.69, 9.17) is 5.73 Å². The van der Waals surface area contributed by atoms with Gasteiger partial charge in [0.1, 0.15) is 5.82 Å². The second kappa shape index (κ2) is 6.48. The third-order valence-electron chi connectivity index (χ3n) is 4.73. The molecular formula is C15H24N6O. The number of hydrogen-bond donors (Lipinski definition) is 2. The highest BCUT2D eigenvalue weighted by atomic mass is 16.2. The molecule has 7 heteroatoms. The molecule has 0 spiro atoms. The van der Waals surface area contributed by atoms with Crippen LogP contribution in [0.4, 0.5) is 11.8 Å². The number of likely N-dealkylation sites (N-methyl/N-ethyl adjacent to an activating group) is 1. The van der Waals surface area contributed by atoms with Gasteiger partial charge in [-0.25, -0.2) is 4.98 Å². The summed E-state index contributed by atoms with van der Waals surface area (Å²) in [5.41, 5.74) is 5.68. The van der Waals surface area contributed by atoms with Crippen LogP contribution in [0.5, 0.6) is 0 Å². The summed E-state index contributed by atoms with van der Waals surface area (Å²) >= 11 is 0. The Morgan fingerprint density at radius 1 is 1.45 bits per heavy atom. The molecular weight excluding hydrogens is 280 g/mol. The number of amides is 1. The van der Waals surface area contributed by atoms with Crippen LogP contribution in [-0.4, -0.2) is 60.0 Å². The largest absolute Gasteiger partial charge is 0.368 e. The van der Waals surface area contributed by atoms with Crippen LogP contribution in [0.3, 0.4) is 0 Å². The normalized spacial score (nSPS) is 25.2. The predicted molar refractivity (Wildman–Crippen MR) is 85.4 cm³/mol. The van der Waals surface area contributed by atoms with Crippen molar-refractivity contribution in [3.05, 3.63) is 12.3 Å². The number of carbonyl (C=O) groups is 1. The van der Waals surface area contributed by atoms with E-state index in [1.54, 1.807) is 6.20 Å². The van der Waals surface area contributed by atoms with Crippen LogP contribution in [0.15, 0.2) is 12.3 Å². The van der Waals surface area contributed by atoms with E-state index in [1.807, 2.05) is 13.1 Å². The van der Waals surface area contributed by atoms with Crippen molar-refractivity contribution in [3.8, 4) is 0 Å². The second-order valence-electron chi connectivity index (χ2n) is 6.06. The SMILES string of the molecule is CNCCN1C(=O)CC[C@H]2CN(c3ccnc(N)n3)CC[C@H]21. The zero-order valence-electron chi connectivity index (χ0n) is 13.0. The van der Waals surface area contributed by atoms with E-state index >= 15 is 0 Å². The van der Waals surface area contributed by atoms with Gasteiger partial charge >= 0.3 is 0 Å². The Morgan fingerprint density at radius 3 is 3.09 bits per heavy atom. The van der Waals surface area contributed by atoms with Crippen molar-refractivity contribution < 1.29 is 4.79 Å². The van der Waals surface area contributed by atoms with Crippen LogP contribution in [0.1, 0.15) is 19.3 Å². The number of carbonyl (C=O) groups excluding carboxylic acids is 1. The molecule has 0 bridgehead atoms. The molecule has 0 radical (unpaired) electrons. The third-order valence-corrected chi connectivity index (χ3v) is 4.73. The van der Waals surface area contributed by atoms with Gasteiger partial charge in [0, 0.05) is 44.8 Å². The van der Waals surface area contributed by atoms with Crippen LogP contribution in [0.25, 0.3) is 0 Å². The molecule has 0 saturated carbocycles. The number of fused-ring (bicyclic) bond motifs is 1. The first kappa shape index (κ1) is 15.0. The maximum absolute atomic E-state index is 12.2. The predicted octanol–water partition coefficient (Wildman–Crippen LogP) is 0.0955. The summed E-state index contributed by atoms with van der Waals surface area (Å²) in [5.74, 6) is 2.02. The van der Waals surface area contributed by atoms with Gasteiger partial charge in [-0.3, -0.25) is 4.79 Å². The zero-order valence-corrected chi connectivity index (χ0v) is 13.0. The highest BCUT2D eigenvalue weighted by Gasteiger charge is 2.39. The Kier molecular flexibility index (Phi) is 4.42. The number of anilines is 2. The Bertz CT molecular complexity index is 537. The fourth-order valence-electron chi connectivity index (χ4n) is 3.62. The fraction of sp³-hybridized carbons (Fsp3) is 0.667. The smallest absolute Gasteiger partial charge is 0.222 e. The Morgan fingerprint density at radius 2 is 2.32 bits per heavy atom. The highest BCUT2D eigenvalue weighted by Crippen LogP contribution is 2.32. The first-order chi connectivity index (χ1) is 10.7. The van der Waals surface area contributed by atoms with Gasteiger partial charge in [0.25, 0.3) is 0 Å². The lowest BCUT2D eigenvalue weighted by Crippen LogP contribution is -2.57. The molecule has 0 unspecified atom stereocenters. The van der Waals surface area contributed by atoms with E-state index in [2.05, 4.69) is 25.1 Å². The van der Waals surface area contributed by atoms with E-state index in [9.17, 15) is 4.79 Å². The molecule has 2 fully saturated rings. The Labute approximate surface area is 130 Å². The monoisotopic (exact) mass is 304 g/mol. The van der Waals surface area contributed by atoms with Gasteiger partial charge in [0.15, 0.2) is 0 Å². The number of nitrogens with one attached hydrogen (secondary N) is 1. The minimum Gasteiger partial charge on any atom is -0.368 e. The molecule has 3 heterocycles. The average Bonchev–Trinajstić information content (AvgIpc) is 2.53. The molecule has 2 atom stereocenters. The summed E-state index contributed by atoms with van der Waals surface area (Å²) in [6.07, 6.45) is 4.32.